The van der Waals surface area contributed by atoms with Crippen LogP contribution < -0.4 is 11.1 Å². The smallest absolute Gasteiger partial charge is 0.0510 e. The highest BCUT2D eigenvalue weighted by atomic mass is 16.5. The predicted molar refractivity (Wildman–Crippen MR) is 40.8 cm³/mol. The lowest BCUT2D eigenvalue weighted by molar-refractivity contribution is 0.180. The zero-order valence-corrected chi connectivity index (χ0v) is 6.47. The van der Waals surface area contributed by atoms with E-state index in [-0.39, 0.29) is 6.04 Å². The zero-order chi connectivity index (χ0) is 7.40. The molecule has 60 valence electrons. The van der Waals surface area contributed by atoms with Gasteiger partial charge in [-0.2, -0.15) is 0 Å². The summed E-state index contributed by atoms with van der Waals surface area (Å²) >= 11 is 0. The van der Waals surface area contributed by atoms with Crippen molar-refractivity contribution in [3.8, 4) is 0 Å². The Kier molecular flexibility index (Phi) is 3.12. The molecule has 1 saturated heterocycles. The first-order chi connectivity index (χ1) is 4.84. The van der Waals surface area contributed by atoms with Crippen LogP contribution in [-0.4, -0.2) is 32.8 Å². The molecule has 2 unspecified atom stereocenters. The van der Waals surface area contributed by atoms with Gasteiger partial charge in [0.05, 0.1) is 6.61 Å². The number of nitrogens with two attached hydrogens (primary N) is 1. The molecule has 10 heavy (non-hydrogen) atoms. The fourth-order valence-corrected chi connectivity index (χ4v) is 1.29. The quantitative estimate of drug-likeness (QED) is 0.565. The van der Waals surface area contributed by atoms with Crippen LogP contribution in [0.3, 0.4) is 0 Å². The summed E-state index contributed by atoms with van der Waals surface area (Å²) in [6, 6.07) is 0.271. The highest BCUT2D eigenvalue weighted by molar-refractivity contribution is 4.77. The molecule has 3 N–H and O–H groups in total. The second kappa shape index (κ2) is 3.91. The molecular formula is C7H16N2O. The van der Waals surface area contributed by atoms with Crippen LogP contribution >= 0.6 is 0 Å². The normalized spacial score (nSPS) is 28.8. The summed E-state index contributed by atoms with van der Waals surface area (Å²) in [5, 5.41) is 3.06. The van der Waals surface area contributed by atoms with E-state index >= 15 is 0 Å². The molecule has 0 radical (unpaired) electrons. The lowest BCUT2D eigenvalue weighted by Gasteiger charge is -2.16. The Morgan fingerprint density at radius 1 is 1.80 bits per heavy atom. The molecule has 1 rings (SSSR count). The largest absolute Gasteiger partial charge is 0.381 e. The van der Waals surface area contributed by atoms with E-state index in [0.29, 0.717) is 5.92 Å². The molecule has 2 atom stereocenters. The molecule has 0 aromatic rings. The number of rotatable bonds is 3. The van der Waals surface area contributed by atoms with Crippen molar-refractivity contribution < 1.29 is 4.74 Å². The number of hydrogen-bond donors (Lipinski definition) is 2. The average Bonchev–Trinajstić information content (AvgIpc) is 2.38. The van der Waals surface area contributed by atoms with E-state index in [9.17, 15) is 0 Å². The molecule has 1 aliphatic rings. The molecule has 0 aromatic carbocycles. The third kappa shape index (κ3) is 1.94. The van der Waals surface area contributed by atoms with Crippen LogP contribution in [0.5, 0.6) is 0 Å². The summed E-state index contributed by atoms with van der Waals surface area (Å²) in [6.07, 6.45) is 1.13. The SMILES string of the molecule is CNCC(N)C1CCOC1. The molecule has 0 spiro atoms. The van der Waals surface area contributed by atoms with Crippen LogP contribution in [0, 0.1) is 5.92 Å². The molecule has 3 heteroatoms. The Hall–Kier alpha value is -0.120. The second-order valence-corrected chi connectivity index (χ2v) is 2.85. The fraction of sp³-hybridized carbons (Fsp3) is 1.00. The third-order valence-electron chi connectivity index (χ3n) is 2.01. The van der Waals surface area contributed by atoms with Crippen molar-refractivity contribution in [1.82, 2.24) is 5.32 Å². The van der Waals surface area contributed by atoms with Gasteiger partial charge in [-0.05, 0) is 13.5 Å². The topological polar surface area (TPSA) is 47.3 Å². The summed E-state index contributed by atoms with van der Waals surface area (Å²) in [7, 11) is 1.93. The van der Waals surface area contributed by atoms with Gasteiger partial charge in [0.1, 0.15) is 0 Å². The summed E-state index contributed by atoms with van der Waals surface area (Å²) < 4.78 is 5.22. The van der Waals surface area contributed by atoms with Gasteiger partial charge >= 0.3 is 0 Å². The van der Waals surface area contributed by atoms with E-state index in [2.05, 4.69) is 5.32 Å². The first kappa shape index (κ1) is 7.98. The molecule has 1 heterocycles. The van der Waals surface area contributed by atoms with Gasteiger partial charge < -0.3 is 15.8 Å². The maximum atomic E-state index is 5.85. The van der Waals surface area contributed by atoms with Gasteiger partial charge in [0.15, 0.2) is 0 Å². The van der Waals surface area contributed by atoms with E-state index in [1.54, 1.807) is 0 Å². The van der Waals surface area contributed by atoms with Gasteiger partial charge in [-0.15, -0.1) is 0 Å². The highest BCUT2D eigenvalue weighted by Crippen LogP contribution is 2.14. The summed E-state index contributed by atoms with van der Waals surface area (Å²) in [6.45, 7) is 2.64. The maximum Gasteiger partial charge on any atom is 0.0510 e. The lowest BCUT2D eigenvalue weighted by atomic mass is 10.0. The number of nitrogens with one attached hydrogen (secondary N) is 1. The van der Waals surface area contributed by atoms with Crippen LogP contribution in [-0.2, 0) is 4.74 Å². The Bertz CT molecular complexity index is 91.6. The molecule has 3 nitrogen and oxygen atoms in total. The molecular weight excluding hydrogens is 128 g/mol. The van der Waals surface area contributed by atoms with Gasteiger partial charge in [0.25, 0.3) is 0 Å². The summed E-state index contributed by atoms with van der Waals surface area (Å²) in [4.78, 5) is 0. The van der Waals surface area contributed by atoms with Crippen molar-refractivity contribution in [2.75, 3.05) is 26.8 Å². The van der Waals surface area contributed by atoms with Crippen molar-refractivity contribution in [2.24, 2.45) is 11.7 Å². The van der Waals surface area contributed by atoms with E-state index in [0.717, 1.165) is 26.2 Å². The first-order valence-electron chi connectivity index (χ1n) is 3.82. The Balaban J connectivity index is 2.18. The number of ether oxygens (including phenoxy) is 1. The standard InChI is InChI=1S/C7H16N2O/c1-9-4-7(8)6-2-3-10-5-6/h6-7,9H,2-5,8H2,1H3. The van der Waals surface area contributed by atoms with Gasteiger partial charge in [-0.1, -0.05) is 0 Å². The molecule has 0 aliphatic carbocycles. The molecule has 1 aliphatic heterocycles. The zero-order valence-electron chi connectivity index (χ0n) is 6.47. The van der Waals surface area contributed by atoms with Gasteiger partial charge in [-0.25, -0.2) is 0 Å². The van der Waals surface area contributed by atoms with Gasteiger partial charge in [0, 0.05) is 25.1 Å². The predicted octanol–water partition coefficient (Wildman–Crippen LogP) is -0.430. The number of hydrogen-bond acceptors (Lipinski definition) is 3. The number of likely N-dealkylation sites (N-methyl/N-ethyl adjacent to an activating group) is 1. The minimum absolute atomic E-state index is 0.271. The van der Waals surface area contributed by atoms with Crippen molar-refractivity contribution in [2.45, 2.75) is 12.5 Å². The van der Waals surface area contributed by atoms with Crippen LogP contribution in [0.25, 0.3) is 0 Å². The monoisotopic (exact) mass is 144 g/mol. The van der Waals surface area contributed by atoms with Gasteiger partial charge in [-0.3, -0.25) is 0 Å². The average molecular weight is 144 g/mol. The van der Waals surface area contributed by atoms with E-state index in [4.69, 9.17) is 10.5 Å². The van der Waals surface area contributed by atoms with E-state index in [1.165, 1.54) is 0 Å². The van der Waals surface area contributed by atoms with Crippen LogP contribution in [0.2, 0.25) is 0 Å². The van der Waals surface area contributed by atoms with Crippen molar-refractivity contribution >= 4 is 0 Å². The molecule has 0 amide bonds. The highest BCUT2D eigenvalue weighted by Gasteiger charge is 2.21. The summed E-state index contributed by atoms with van der Waals surface area (Å²) in [5.41, 5.74) is 5.85. The molecule has 0 bridgehead atoms. The van der Waals surface area contributed by atoms with Crippen molar-refractivity contribution in [1.29, 1.82) is 0 Å². The third-order valence-corrected chi connectivity index (χ3v) is 2.01. The first-order valence-corrected chi connectivity index (χ1v) is 3.82. The minimum atomic E-state index is 0.271. The fourth-order valence-electron chi connectivity index (χ4n) is 1.29. The van der Waals surface area contributed by atoms with E-state index < -0.39 is 0 Å². The van der Waals surface area contributed by atoms with Crippen LogP contribution in [0.15, 0.2) is 0 Å². The Morgan fingerprint density at radius 3 is 3.10 bits per heavy atom. The molecule has 0 aromatic heterocycles. The minimum Gasteiger partial charge on any atom is -0.381 e. The van der Waals surface area contributed by atoms with Crippen molar-refractivity contribution in [3.05, 3.63) is 0 Å². The van der Waals surface area contributed by atoms with Crippen LogP contribution in [0.1, 0.15) is 6.42 Å². The van der Waals surface area contributed by atoms with Crippen molar-refractivity contribution in [3.63, 3.8) is 0 Å². The summed E-state index contributed by atoms with van der Waals surface area (Å²) in [5.74, 6) is 0.576. The Morgan fingerprint density at radius 2 is 2.60 bits per heavy atom. The maximum absolute atomic E-state index is 5.85. The van der Waals surface area contributed by atoms with E-state index in [1.807, 2.05) is 7.05 Å². The second-order valence-electron chi connectivity index (χ2n) is 2.85. The molecule has 0 saturated carbocycles. The Labute approximate surface area is 61.9 Å². The molecule has 1 fully saturated rings. The lowest BCUT2D eigenvalue weighted by Crippen LogP contribution is -2.38. The van der Waals surface area contributed by atoms with Crippen LogP contribution in [0.4, 0.5) is 0 Å². The van der Waals surface area contributed by atoms with Gasteiger partial charge in [0.2, 0.25) is 0 Å².